The van der Waals surface area contributed by atoms with E-state index in [2.05, 4.69) is 10.6 Å². The zero-order chi connectivity index (χ0) is 22.4. The van der Waals surface area contributed by atoms with Gasteiger partial charge in [-0.05, 0) is 51.3 Å². The third-order valence-electron chi connectivity index (χ3n) is 5.07. The number of amides is 2. The van der Waals surface area contributed by atoms with Crippen LogP contribution in [0.2, 0.25) is 0 Å². The number of sulfonamides is 1. The molecule has 0 radical (unpaired) electrons. The van der Waals surface area contributed by atoms with Crippen LogP contribution in [-0.2, 0) is 26.0 Å². The monoisotopic (exact) mass is 439 g/mol. The molecular formula is C21H33N3O5S. The highest BCUT2D eigenvalue weighted by Gasteiger charge is 2.34. The second-order valence-corrected chi connectivity index (χ2v) is 10.5. The molecule has 0 atom stereocenters. The fourth-order valence-electron chi connectivity index (χ4n) is 3.58. The fraction of sp³-hybridized carbons (Fsp3) is 0.619. The van der Waals surface area contributed by atoms with Gasteiger partial charge in [-0.3, -0.25) is 4.79 Å². The lowest BCUT2D eigenvalue weighted by Crippen LogP contribution is -2.56. The number of primary sulfonamides is 1. The van der Waals surface area contributed by atoms with Crippen LogP contribution in [-0.4, -0.2) is 38.1 Å². The van der Waals surface area contributed by atoms with Crippen molar-refractivity contribution in [1.29, 1.82) is 0 Å². The first-order valence-corrected chi connectivity index (χ1v) is 11.8. The molecule has 0 unspecified atom stereocenters. The minimum Gasteiger partial charge on any atom is -0.444 e. The molecule has 0 aromatic heterocycles. The molecule has 1 fully saturated rings. The van der Waals surface area contributed by atoms with Gasteiger partial charge in [0.2, 0.25) is 15.9 Å². The molecular weight excluding hydrogens is 406 g/mol. The van der Waals surface area contributed by atoms with Crippen LogP contribution in [0.25, 0.3) is 0 Å². The minimum absolute atomic E-state index is 0.00521. The Kier molecular flexibility index (Phi) is 7.87. The van der Waals surface area contributed by atoms with Crippen molar-refractivity contribution >= 4 is 22.0 Å². The fourth-order valence-corrected chi connectivity index (χ4v) is 4.10. The summed E-state index contributed by atoms with van der Waals surface area (Å²) in [5, 5.41) is 11.0. The number of carbonyl (C=O) groups is 2. The molecule has 1 aromatic carbocycles. The summed E-state index contributed by atoms with van der Waals surface area (Å²) in [7, 11) is -3.76. The standard InChI is InChI=1S/C21H33N3O5S/c1-20(2,3)29-19(26)24-21(12-6-4-5-7-13-21)15-23-18(25)14-16-8-10-17(11-9-16)30(22,27)28/h8-11H,4-7,12-15H2,1-3H3,(H,23,25)(H,24,26)(H2,22,27,28). The number of nitrogens with two attached hydrogens (primary N) is 1. The molecule has 2 rings (SSSR count). The van der Waals surface area contributed by atoms with Gasteiger partial charge in [-0.25, -0.2) is 18.4 Å². The van der Waals surface area contributed by atoms with Gasteiger partial charge in [-0.2, -0.15) is 0 Å². The summed E-state index contributed by atoms with van der Waals surface area (Å²) in [6, 6.07) is 5.91. The van der Waals surface area contributed by atoms with Gasteiger partial charge in [0.05, 0.1) is 16.9 Å². The van der Waals surface area contributed by atoms with E-state index >= 15 is 0 Å². The number of benzene rings is 1. The summed E-state index contributed by atoms with van der Waals surface area (Å²) in [6.45, 7) is 5.76. The molecule has 0 spiro atoms. The van der Waals surface area contributed by atoms with Gasteiger partial charge in [0, 0.05) is 6.54 Å². The SMILES string of the molecule is CC(C)(C)OC(=O)NC1(CNC(=O)Cc2ccc(S(N)(=O)=O)cc2)CCCCCC1. The maximum atomic E-state index is 12.5. The molecule has 4 N–H and O–H groups in total. The average Bonchev–Trinajstić information content (AvgIpc) is 2.84. The van der Waals surface area contributed by atoms with Crippen molar-refractivity contribution < 1.29 is 22.7 Å². The summed E-state index contributed by atoms with van der Waals surface area (Å²) < 4.78 is 28.1. The van der Waals surface area contributed by atoms with E-state index in [1.807, 2.05) is 20.8 Å². The van der Waals surface area contributed by atoms with Crippen molar-refractivity contribution in [1.82, 2.24) is 10.6 Å². The maximum Gasteiger partial charge on any atom is 0.408 e. The second-order valence-electron chi connectivity index (χ2n) is 8.96. The molecule has 9 heteroatoms. The van der Waals surface area contributed by atoms with Gasteiger partial charge >= 0.3 is 6.09 Å². The van der Waals surface area contributed by atoms with Crippen molar-refractivity contribution in [2.75, 3.05) is 6.54 Å². The van der Waals surface area contributed by atoms with Crippen LogP contribution in [0.3, 0.4) is 0 Å². The Morgan fingerprint density at radius 2 is 1.63 bits per heavy atom. The van der Waals surface area contributed by atoms with E-state index in [9.17, 15) is 18.0 Å². The number of hydrogen-bond donors (Lipinski definition) is 3. The molecule has 0 saturated heterocycles. The molecule has 1 aliphatic carbocycles. The van der Waals surface area contributed by atoms with Crippen LogP contribution in [0.15, 0.2) is 29.2 Å². The summed E-state index contributed by atoms with van der Waals surface area (Å²) in [6.07, 6.45) is 5.32. The minimum atomic E-state index is -3.76. The first-order chi connectivity index (χ1) is 13.9. The van der Waals surface area contributed by atoms with Gasteiger partial charge in [0.25, 0.3) is 0 Å². The summed E-state index contributed by atoms with van der Waals surface area (Å²) in [5.74, 6) is -0.201. The molecule has 168 valence electrons. The highest BCUT2D eigenvalue weighted by Crippen LogP contribution is 2.27. The third-order valence-corrected chi connectivity index (χ3v) is 6.00. The summed E-state index contributed by atoms with van der Waals surface area (Å²) >= 11 is 0. The van der Waals surface area contributed by atoms with Crippen molar-refractivity contribution in [3.63, 3.8) is 0 Å². The Balaban J connectivity index is 2.00. The Labute approximate surface area is 179 Å². The maximum absolute atomic E-state index is 12.5. The number of alkyl carbamates (subject to hydrolysis) is 1. The lowest BCUT2D eigenvalue weighted by atomic mass is 9.90. The van der Waals surface area contributed by atoms with Crippen LogP contribution in [0, 0.1) is 0 Å². The van der Waals surface area contributed by atoms with Crippen molar-refractivity contribution in [3.8, 4) is 0 Å². The van der Waals surface area contributed by atoms with Gasteiger partial charge in [0.1, 0.15) is 5.60 Å². The van der Waals surface area contributed by atoms with Gasteiger partial charge in [0.15, 0.2) is 0 Å². The van der Waals surface area contributed by atoms with E-state index in [-0.39, 0.29) is 17.2 Å². The Morgan fingerprint density at radius 3 is 2.13 bits per heavy atom. The molecule has 2 amide bonds. The van der Waals surface area contributed by atoms with Crippen LogP contribution in [0.5, 0.6) is 0 Å². The van der Waals surface area contributed by atoms with E-state index in [0.29, 0.717) is 12.1 Å². The van der Waals surface area contributed by atoms with Gasteiger partial charge < -0.3 is 15.4 Å². The molecule has 30 heavy (non-hydrogen) atoms. The average molecular weight is 440 g/mol. The molecule has 1 aliphatic rings. The predicted octanol–water partition coefficient (Wildman–Crippen LogP) is 2.61. The Hall–Kier alpha value is -2.13. The number of hydrogen-bond acceptors (Lipinski definition) is 5. The van der Waals surface area contributed by atoms with E-state index in [0.717, 1.165) is 38.5 Å². The zero-order valence-corrected chi connectivity index (χ0v) is 18.8. The zero-order valence-electron chi connectivity index (χ0n) is 18.0. The largest absolute Gasteiger partial charge is 0.444 e. The smallest absolute Gasteiger partial charge is 0.408 e. The second kappa shape index (κ2) is 9.78. The molecule has 0 aliphatic heterocycles. The lowest BCUT2D eigenvalue weighted by molar-refractivity contribution is -0.120. The topological polar surface area (TPSA) is 128 Å². The van der Waals surface area contributed by atoms with E-state index < -0.39 is 27.3 Å². The molecule has 0 heterocycles. The highest BCUT2D eigenvalue weighted by molar-refractivity contribution is 7.89. The van der Waals surface area contributed by atoms with Crippen molar-refractivity contribution in [2.24, 2.45) is 5.14 Å². The summed E-state index contributed by atoms with van der Waals surface area (Å²) in [5.41, 5.74) is -0.455. The van der Waals surface area contributed by atoms with Crippen LogP contribution >= 0.6 is 0 Å². The van der Waals surface area contributed by atoms with Crippen LogP contribution < -0.4 is 15.8 Å². The highest BCUT2D eigenvalue weighted by atomic mass is 32.2. The van der Waals surface area contributed by atoms with Crippen molar-refractivity contribution in [3.05, 3.63) is 29.8 Å². The Morgan fingerprint density at radius 1 is 1.07 bits per heavy atom. The molecule has 0 bridgehead atoms. The first kappa shape index (κ1) is 24.1. The van der Waals surface area contributed by atoms with Crippen molar-refractivity contribution in [2.45, 2.75) is 81.8 Å². The lowest BCUT2D eigenvalue weighted by Gasteiger charge is -2.35. The number of carbonyl (C=O) groups excluding carboxylic acids is 2. The Bertz CT molecular complexity index is 836. The number of rotatable bonds is 6. The third kappa shape index (κ3) is 7.95. The van der Waals surface area contributed by atoms with Gasteiger partial charge in [-0.1, -0.05) is 37.8 Å². The molecule has 8 nitrogen and oxygen atoms in total. The first-order valence-electron chi connectivity index (χ1n) is 10.3. The normalized spacial score (nSPS) is 16.9. The molecule has 1 aromatic rings. The predicted molar refractivity (Wildman–Crippen MR) is 114 cm³/mol. The molecule has 1 saturated carbocycles. The van der Waals surface area contributed by atoms with Crippen LogP contribution in [0.1, 0.15) is 64.9 Å². The van der Waals surface area contributed by atoms with Gasteiger partial charge in [-0.15, -0.1) is 0 Å². The number of nitrogens with one attached hydrogen (secondary N) is 2. The van der Waals surface area contributed by atoms with Crippen LogP contribution in [0.4, 0.5) is 4.79 Å². The quantitative estimate of drug-likeness (QED) is 0.587. The van der Waals surface area contributed by atoms with E-state index in [4.69, 9.17) is 9.88 Å². The van der Waals surface area contributed by atoms with E-state index in [1.165, 1.54) is 12.1 Å². The summed E-state index contributed by atoms with van der Waals surface area (Å²) in [4.78, 5) is 24.9. The number of ether oxygens (including phenoxy) is 1. The van der Waals surface area contributed by atoms with E-state index in [1.54, 1.807) is 12.1 Å².